The van der Waals surface area contributed by atoms with Gasteiger partial charge in [-0.3, -0.25) is 9.78 Å². The van der Waals surface area contributed by atoms with E-state index < -0.39 is 24.0 Å². The van der Waals surface area contributed by atoms with Crippen molar-refractivity contribution in [1.29, 1.82) is 0 Å². The normalized spacial score (nSPS) is 13.8. The number of hydrogen-bond acceptors (Lipinski definition) is 4. The van der Waals surface area contributed by atoms with Gasteiger partial charge in [0, 0.05) is 12.4 Å². The Balaban J connectivity index is 2.57. The summed E-state index contributed by atoms with van der Waals surface area (Å²) in [5.41, 5.74) is 0.729. The van der Waals surface area contributed by atoms with Gasteiger partial charge in [0.15, 0.2) is 6.04 Å². The molecule has 0 bridgehead atoms. The Morgan fingerprint density at radius 3 is 2.47 bits per heavy atom. The molecule has 2 unspecified atom stereocenters. The van der Waals surface area contributed by atoms with Gasteiger partial charge >= 0.3 is 5.97 Å². The summed E-state index contributed by atoms with van der Waals surface area (Å²) in [6, 6.07) is 2.04. The molecular formula is C11H14N2O4. The zero-order chi connectivity index (χ0) is 12.8. The Kier molecular flexibility index (Phi) is 4.59. The van der Waals surface area contributed by atoms with Crippen molar-refractivity contribution < 1.29 is 19.8 Å². The summed E-state index contributed by atoms with van der Waals surface area (Å²) in [6.07, 6.45) is 2.01. The highest BCUT2D eigenvalue weighted by atomic mass is 16.4. The Morgan fingerprint density at radius 2 is 2.00 bits per heavy atom. The van der Waals surface area contributed by atoms with Crippen molar-refractivity contribution in [3.05, 3.63) is 30.1 Å². The summed E-state index contributed by atoms with van der Waals surface area (Å²) < 4.78 is 0. The number of carboxylic acids is 1. The molecule has 0 saturated heterocycles. The Bertz CT molecular complexity index is 392. The van der Waals surface area contributed by atoms with E-state index in [0.717, 1.165) is 5.56 Å². The predicted octanol–water partition coefficient (Wildman–Crippen LogP) is -0.426. The van der Waals surface area contributed by atoms with Gasteiger partial charge < -0.3 is 15.5 Å². The van der Waals surface area contributed by atoms with Crippen molar-refractivity contribution in [2.24, 2.45) is 0 Å². The van der Waals surface area contributed by atoms with E-state index in [0.29, 0.717) is 0 Å². The van der Waals surface area contributed by atoms with Gasteiger partial charge in [-0.1, -0.05) is 0 Å². The summed E-state index contributed by atoms with van der Waals surface area (Å²) in [5.74, 6) is -1.72. The molecular weight excluding hydrogens is 224 g/mol. The first-order chi connectivity index (χ1) is 8.00. The van der Waals surface area contributed by atoms with Crippen molar-refractivity contribution in [2.45, 2.75) is 25.5 Å². The minimum atomic E-state index is -1.29. The number of aliphatic hydroxyl groups excluding tert-OH is 1. The monoisotopic (exact) mass is 238 g/mol. The highest BCUT2D eigenvalue weighted by molar-refractivity contribution is 5.85. The molecule has 0 radical (unpaired) electrons. The minimum absolute atomic E-state index is 0.0546. The zero-order valence-corrected chi connectivity index (χ0v) is 9.33. The smallest absolute Gasteiger partial charge is 0.328 e. The van der Waals surface area contributed by atoms with Crippen LogP contribution < -0.4 is 5.32 Å². The van der Waals surface area contributed by atoms with Crippen LogP contribution in [0.5, 0.6) is 0 Å². The topological polar surface area (TPSA) is 99.5 Å². The second-order valence-electron chi connectivity index (χ2n) is 3.66. The SMILES string of the molecule is CC(O)C(NC(=O)Cc1ccncc1)C(=O)O. The number of amides is 1. The average molecular weight is 238 g/mol. The largest absolute Gasteiger partial charge is 0.480 e. The van der Waals surface area contributed by atoms with Gasteiger partial charge in [-0.15, -0.1) is 0 Å². The lowest BCUT2D eigenvalue weighted by Gasteiger charge is -2.16. The van der Waals surface area contributed by atoms with Crippen LogP contribution in [0.25, 0.3) is 0 Å². The Morgan fingerprint density at radius 1 is 1.41 bits per heavy atom. The summed E-state index contributed by atoms with van der Waals surface area (Å²) in [4.78, 5) is 26.1. The van der Waals surface area contributed by atoms with Gasteiger partial charge in [-0.05, 0) is 24.6 Å². The average Bonchev–Trinajstić information content (AvgIpc) is 2.26. The van der Waals surface area contributed by atoms with Crippen molar-refractivity contribution >= 4 is 11.9 Å². The van der Waals surface area contributed by atoms with E-state index >= 15 is 0 Å². The second kappa shape index (κ2) is 5.95. The van der Waals surface area contributed by atoms with Gasteiger partial charge in [0.2, 0.25) is 5.91 Å². The standard InChI is InChI=1S/C11H14N2O4/c1-7(14)10(11(16)17)13-9(15)6-8-2-4-12-5-3-8/h2-5,7,10,14H,6H2,1H3,(H,13,15)(H,16,17). The van der Waals surface area contributed by atoms with Crippen LogP contribution in [0.2, 0.25) is 0 Å². The fourth-order valence-electron chi connectivity index (χ4n) is 1.30. The number of aliphatic hydroxyl groups is 1. The molecule has 6 nitrogen and oxygen atoms in total. The molecule has 0 aromatic carbocycles. The second-order valence-corrected chi connectivity index (χ2v) is 3.66. The summed E-state index contributed by atoms with van der Waals surface area (Å²) >= 11 is 0. The number of nitrogens with zero attached hydrogens (tertiary/aromatic N) is 1. The van der Waals surface area contributed by atoms with Crippen LogP contribution in [-0.2, 0) is 16.0 Å². The third-order valence-electron chi connectivity index (χ3n) is 2.18. The maximum absolute atomic E-state index is 11.5. The fraction of sp³-hybridized carbons (Fsp3) is 0.364. The third kappa shape index (κ3) is 4.20. The number of carbonyl (C=O) groups is 2. The molecule has 92 valence electrons. The third-order valence-corrected chi connectivity index (χ3v) is 2.18. The van der Waals surface area contributed by atoms with Crippen molar-refractivity contribution in [2.75, 3.05) is 0 Å². The van der Waals surface area contributed by atoms with E-state index in [1.807, 2.05) is 0 Å². The quantitative estimate of drug-likeness (QED) is 0.646. The molecule has 17 heavy (non-hydrogen) atoms. The van der Waals surface area contributed by atoms with Crippen LogP contribution in [0.15, 0.2) is 24.5 Å². The van der Waals surface area contributed by atoms with E-state index in [9.17, 15) is 14.7 Å². The Hall–Kier alpha value is -1.95. The van der Waals surface area contributed by atoms with Gasteiger partial charge in [0.05, 0.1) is 12.5 Å². The van der Waals surface area contributed by atoms with E-state index in [1.165, 1.54) is 6.92 Å². The van der Waals surface area contributed by atoms with Crippen LogP contribution in [0, 0.1) is 0 Å². The molecule has 1 heterocycles. The number of aliphatic carboxylic acids is 1. The molecule has 1 aromatic rings. The highest BCUT2D eigenvalue weighted by Crippen LogP contribution is 1.99. The summed E-state index contributed by atoms with van der Waals surface area (Å²) in [7, 11) is 0. The lowest BCUT2D eigenvalue weighted by atomic mass is 10.1. The first kappa shape index (κ1) is 13.1. The first-order valence-electron chi connectivity index (χ1n) is 5.10. The van der Waals surface area contributed by atoms with Gasteiger partial charge in [-0.2, -0.15) is 0 Å². The van der Waals surface area contributed by atoms with Gasteiger partial charge in [0.25, 0.3) is 0 Å². The molecule has 3 N–H and O–H groups in total. The molecule has 6 heteroatoms. The van der Waals surface area contributed by atoms with Gasteiger partial charge in [0.1, 0.15) is 0 Å². The molecule has 0 saturated carbocycles. The van der Waals surface area contributed by atoms with Crippen LogP contribution >= 0.6 is 0 Å². The molecule has 0 aliphatic rings. The number of nitrogens with one attached hydrogen (secondary N) is 1. The van der Waals surface area contributed by atoms with Crippen molar-refractivity contribution in [1.82, 2.24) is 10.3 Å². The number of pyridine rings is 1. The predicted molar refractivity (Wildman–Crippen MR) is 59.2 cm³/mol. The maximum Gasteiger partial charge on any atom is 0.328 e. The van der Waals surface area contributed by atoms with Crippen molar-refractivity contribution in [3.63, 3.8) is 0 Å². The molecule has 0 aliphatic heterocycles. The summed E-state index contributed by atoms with van der Waals surface area (Å²) in [6.45, 7) is 1.31. The number of aromatic nitrogens is 1. The number of carbonyl (C=O) groups excluding carboxylic acids is 1. The molecule has 0 aliphatic carbocycles. The number of rotatable bonds is 5. The van der Waals surface area contributed by atoms with E-state index in [4.69, 9.17) is 5.11 Å². The van der Waals surface area contributed by atoms with Gasteiger partial charge in [-0.25, -0.2) is 4.79 Å². The van der Waals surface area contributed by atoms with Crippen LogP contribution in [-0.4, -0.2) is 39.2 Å². The van der Waals surface area contributed by atoms with Crippen molar-refractivity contribution in [3.8, 4) is 0 Å². The molecule has 1 rings (SSSR count). The van der Waals surface area contributed by atoms with E-state index in [-0.39, 0.29) is 6.42 Å². The van der Waals surface area contributed by atoms with Crippen LogP contribution in [0.1, 0.15) is 12.5 Å². The lowest BCUT2D eigenvalue weighted by molar-refractivity contribution is -0.144. The highest BCUT2D eigenvalue weighted by Gasteiger charge is 2.24. The zero-order valence-electron chi connectivity index (χ0n) is 9.33. The number of carboxylic acid groups (broad SMARTS) is 1. The first-order valence-corrected chi connectivity index (χ1v) is 5.10. The fourth-order valence-corrected chi connectivity index (χ4v) is 1.30. The molecule has 2 atom stereocenters. The molecule has 1 amide bonds. The van der Waals surface area contributed by atoms with Crippen LogP contribution in [0.4, 0.5) is 0 Å². The molecule has 0 fully saturated rings. The Labute approximate surface area is 98.3 Å². The maximum atomic E-state index is 11.5. The molecule has 1 aromatic heterocycles. The lowest BCUT2D eigenvalue weighted by Crippen LogP contribution is -2.48. The number of hydrogen-bond donors (Lipinski definition) is 3. The van der Waals surface area contributed by atoms with E-state index in [1.54, 1.807) is 24.5 Å². The minimum Gasteiger partial charge on any atom is -0.480 e. The summed E-state index contributed by atoms with van der Waals surface area (Å²) in [5, 5.41) is 20.2. The van der Waals surface area contributed by atoms with E-state index in [2.05, 4.69) is 10.3 Å². The molecule has 0 spiro atoms. The van der Waals surface area contributed by atoms with Crippen LogP contribution in [0.3, 0.4) is 0 Å².